The molecule has 1 saturated heterocycles. The molecular formula is C13H24N2O2S. The third-order valence-electron chi connectivity index (χ3n) is 4.99. The maximum Gasteiger partial charge on any atom is 0.214 e. The van der Waals surface area contributed by atoms with Crippen molar-refractivity contribution < 1.29 is 8.42 Å². The largest absolute Gasteiger partial charge is 0.327 e. The topological polar surface area (TPSA) is 63.4 Å². The quantitative estimate of drug-likeness (QED) is 0.835. The molecule has 2 N–H and O–H groups in total. The van der Waals surface area contributed by atoms with E-state index in [1.54, 1.807) is 4.31 Å². The first kappa shape index (κ1) is 12.9. The van der Waals surface area contributed by atoms with E-state index in [2.05, 4.69) is 0 Å². The highest BCUT2D eigenvalue weighted by Crippen LogP contribution is 2.38. The van der Waals surface area contributed by atoms with E-state index >= 15 is 0 Å². The lowest BCUT2D eigenvalue weighted by Gasteiger charge is -2.29. The van der Waals surface area contributed by atoms with Gasteiger partial charge in [0.05, 0.1) is 5.75 Å². The van der Waals surface area contributed by atoms with Crippen LogP contribution in [0.1, 0.15) is 38.5 Å². The van der Waals surface area contributed by atoms with Gasteiger partial charge in [-0.1, -0.05) is 19.3 Å². The number of nitrogens with zero attached hydrogens (tertiary/aromatic N) is 1. The molecule has 3 rings (SSSR count). The number of rotatable bonds is 4. The van der Waals surface area contributed by atoms with Crippen LogP contribution in [-0.2, 0) is 10.0 Å². The van der Waals surface area contributed by atoms with E-state index in [1.807, 2.05) is 0 Å². The predicted octanol–water partition coefficient (Wildman–Crippen LogP) is 1.18. The van der Waals surface area contributed by atoms with Gasteiger partial charge in [-0.3, -0.25) is 0 Å². The Hall–Kier alpha value is -0.130. The summed E-state index contributed by atoms with van der Waals surface area (Å²) in [5.74, 6) is 1.97. The Balaban J connectivity index is 1.62. The van der Waals surface area contributed by atoms with Crippen molar-refractivity contribution in [2.45, 2.75) is 44.6 Å². The molecule has 1 aliphatic heterocycles. The summed E-state index contributed by atoms with van der Waals surface area (Å²) in [4.78, 5) is 0. The molecule has 0 bridgehead atoms. The Bertz CT molecular complexity index is 405. The van der Waals surface area contributed by atoms with E-state index < -0.39 is 10.0 Å². The highest BCUT2D eigenvalue weighted by molar-refractivity contribution is 7.89. The van der Waals surface area contributed by atoms with Crippen LogP contribution in [0.3, 0.4) is 0 Å². The van der Waals surface area contributed by atoms with Gasteiger partial charge in [-0.15, -0.1) is 0 Å². The molecular weight excluding hydrogens is 248 g/mol. The SMILES string of the molecule is NC1CCCC2CN(S(=O)(=O)CCC3CC3)CC12. The van der Waals surface area contributed by atoms with Crippen molar-refractivity contribution in [3.63, 3.8) is 0 Å². The van der Waals surface area contributed by atoms with E-state index in [1.165, 1.54) is 12.8 Å². The predicted molar refractivity (Wildman–Crippen MR) is 71.5 cm³/mol. The second-order valence-electron chi connectivity index (χ2n) is 6.38. The molecule has 2 aliphatic carbocycles. The Labute approximate surface area is 110 Å². The summed E-state index contributed by atoms with van der Waals surface area (Å²) < 4.78 is 26.3. The third kappa shape index (κ3) is 2.58. The summed E-state index contributed by atoms with van der Waals surface area (Å²) in [7, 11) is -3.02. The number of hydrogen-bond donors (Lipinski definition) is 1. The van der Waals surface area contributed by atoms with E-state index in [0.717, 1.165) is 32.2 Å². The molecule has 0 aromatic heterocycles. The lowest BCUT2D eigenvalue weighted by molar-refractivity contribution is 0.260. The van der Waals surface area contributed by atoms with Crippen LogP contribution in [-0.4, -0.2) is 37.6 Å². The molecule has 2 saturated carbocycles. The molecule has 3 atom stereocenters. The summed E-state index contributed by atoms with van der Waals surface area (Å²) >= 11 is 0. The zero-order valence-corrected chi connectivity index (χ0v) is 11.7. The second kappa shape index (κ2) is 4.76. The van der Waals surface area contributed by atoms with E-state index in [0.29, 0.717) is 30.1 Å². The summed E-state index contributed by atoms with van der Waals surface area (Å²) in [6, 6.07) is 0.215. The van der Waals surface area contributed by atoms with Gasteiger partial charge in [-0.2, -0.15) is 0 Å². The molecule has 0 amide bonds. The first-order valence-corrected chi connectivity index (χ1v) is 8.90. The minimum absolute atomic E-state index is 0.215. The van der Waals surface area contributed by atoms with E-state index in [4.69, 9.17) is 5.73 Å². The monoisotopic (exact) mass is 272 g/mol. The van der Waals surface area contributed by atoms with Gasteiger partial charge >= 0.3 is 0 Å². The summed E-state index contributed by atoms with van der Waals surface area (Å²) in [5, 5.41) is 0. The molecule has 5 heteroatoms. The van der Waals surface area contributed by atoms with Crippen molar-refractivity contribution in [2.24, 2.45) is 23.5 Å². The lowest BCUT2D eigenvalue weighted by Crippen LogP contribution is -2.38. The molecule has 4 nitrogen and oxygen atoms in total. The minimum Gasteiger partial charge on any atom is -0.327 e. The number of fused-ring (bicyclic) bond motifs is 1. The summed E-state index contributed by atoms with van der Waals surface area (Å²) in [6.45, 7) is 1.41. The average molecular weight is 272 g/mol. The molecule has 3 aliphatic rings. The molecule has 0 aromatic rings. The van der Waals surface area contributed by atoms with Crippen molar-refractivity contribution >= 4 is 10.0 Å². The van der Waals surface area contributed by atoms with Crippen molar-refractivity contribution in [1.82, 2.24) is 4.31 Å². The number of hydrogen-bond acceptors (Lipinski definition) is 3. The first-order chi connectivity index (χ1) is 8.56. The third-order valence-corrected chi connectivity index (χ3v) is 6.83. The van der Waals surface area contributed by atoms with Crippen molar-refractivity contribution in [1.29, 1.82) is 0 Å². The lowest BCUT2D eigenvalue weighted by atomic mass is 9.78. The molecule has 3 fully saturated rings. The first-order valence-electron chi connectivity index (χ1n) is 7.29. The molecule has 104 valence electrons. The molecule has 1 heterocycles. The van der Waals surface area contributed by atoms with Crippen LogP contribution in [0.25, 0.3) is 0 Å². The fourth-order valence-electron chi connectivity index (χ4n) is 3.55. The van der Waals surface area contributed by atoms with Gasteiger partial charge in [0.25, 0.3) is 0 Å². The highest BCUT2D eigenvalue weighted by Gasteiger charge is 2.42. The van der Waals surface area contributed by atoms with Crippen molar-refractivity contribution in [3.8, 4) is 0 Å². The van der Waals surface area contributed by atoms with Gasteiger partial charge in [0, 0.05) is 19.1 Å². The zero-order chi connectivity index (χ0) is 12.8. The summed E-state index contributed by atoms with van der Waals surface area (Å²) in [5.41, 5.74) is 6.14. The smallest absolute Gasteiger partial charge is 0.214 e. The van der Waals surface area contributed by atoms with E-state index in [9.17, 15) is 8.42 Å². The van der Waals surface area contributed by atoms with Crippen molar-refractivity contribution in [2.75, 3.05) is 18.8 Å². The van der Waals surface area contributed by atoms with Crippen LogP contribution < -0.4 is 5.73 Å². The maximum atomic E-state index is 12.3. The molecule has 3 unspecified atom stereocenters. The zero-order valence-electron chi connectivity index (χ0n) is 10.9. The molecule has 0 aromatic carbocycles. The fourth-order valence-corrected chi connectivity index (χ4v) is 5.26. The van der Waals surface area contributed by atoms with Gasteiger partial charge in [0.1, 0.15) is 0 Å². The Morgan fingerprint density at radius 3 is 2.56 bits per heavy atom. The van der Waals surface area contributed by atoms with Crippen molar-refractivity contribution in [3.05, 3.63) is 0 Å². The minimum atomic E-state index is -3.02. The number of sulfonamides is 1. The van der Waals surface area contributed by atoms with Gasteiger partial charge in [0.15, 0.2) is 0 Å². The summed E-state index contributed by atoms with van der Waals surface area (Å²) in [6.07, 6.45) is 6.71. The van der Waals surface area contributed by atoms with Crippen LogP contribution >= 0.6 is 0 Å². The van der Waals surface area contributed by atoms with Gasteiger partial charge < -0.3 is 5.73 Å². The Morgan fingerprint density at radius 2 is 1.89 bits per heavy atom. The normalized spacial score (nSPS) is 37.7. The van der Waals surface area contributed by atoms with Gasteiger partial charge in [-0.05, 0) is 37.0 Å². The van der Waals surface area contributed by atoms with E-state index in [-0.39, 0.29) is 6.04 Å². The van der Waals surface area contributed by atoms with Crippen LogP contribution in [0, 0.1) is 17.8 Å². The maximum absolute atomic E-state index is 12.3. The average Bonchev–Trinajstić information content (AvgIpc) is 3.04. The second-order valence-corrected chi connectivity index (χ2v) is 8.47. The van der Waals surface area contributed by atoms with Crippen LogP contribution in [0.5, 0.6) is 0 Å². The van der Waals surface area contributed by atoms with Crippen LogP contribution in [0.2, 0.25) is 0 Å². The van der Waals surface area contributed by atoms with Gasteiger partial charge in [0.2, 0.25) is 10.0 Å². The number of nitrogens with two attached hydrogens (primary N) is 1. The molecule has 18 heavy (non-hydrogen) atoms. The molecule has 0 spiro atoms. The standard InChI is InChI=1S/C13H24N2O2S/c14-13-3-1-2-11-8-15(9-12(11)13)18(16,17)7-6-10-4-5-10/h10-13H,1-9,14H2. The Morgan fingerprint density at radius 1 is 1.11 bits per heavy atom. The van der Waals surface area contributed by atoms with Crippen LogP contribution in [0.4, 0.5) is 0 Å². The van der Waals surface area contributed by atoms with Crippen LogP contribution in [0.15, 0.2) is 0 Å². The molecule has 0 radical (unpaired) electrons. The Kier molecular flexibility index (Phi) is 3.41. The highest BCUT2D eigenvalue weighted by atomic mass is 32.2. The fraction of sp³-hybridized carbons (Fsp3) is 1.00. The van der Waals surface area contributed by atoms with Gasteiger partial charge in [-0.25, -0.2) is 12.7 Å².